The van der Waals surface area contributed by atoms with Gasteiger partial charge in [-0.3, -0.25) is 14.4 Å². The monoisotopic (exact) mass is 358 g/mol. The van der Waals surface area contributed by atoms with Gasteiger partial charge in [0, 0.05) is 12.5 Å². The Morgan fingerprint density at radius 1 is 1.12 bits per heavy atom. The molecule has 0 aliphatic rings. The van der Waals surface area contributed by atoms with Gasteiger partial charge in [-0.15, -0.1) is 0 Å². The Morgan fingerprint density at radius 2 is 1.85 bits per heavy atom. The largest absolute Gasteiger partial charge is 0.481 e. The van der Waals surface area contributed by atoms with Crippen LogP contribution in [0.25, 0.3) is 0 Å². The molecule has 2 rings (SSSR count). The van der Waals surface area contributed by atoms with Gasteiger partial charge in [0.15, 0.2) is 0 Å². The molecule has 0 radical (unpaired) electrons. The summed E-state index contributed by atoms with van der Waals surface area (Å²) < 4.78 is 4.85. The van der Waals surface area contributed by atoms with Crippen LogP contribution in [-0.2, 0) is 16.0 Å². The zero-order valence-corrected chi connectivity index (χ0v) is 14.5. The van der Waals surface area contributed by atoms with Gasteiger partial charge in [0.1, 0.15) is 12.3 Å². The van der Waals surface area contributed by atoms with Gasteiger partial charge >= 0.3 is 5.97 Å². The Balaban J connectivity index is 1.95. The summed E-state index contributed by atoms with van der Waals surface area (Å²) in [5.74, 6) is -1.70. The highest BCUT2D eigenvalue weighted by Gasteiger charge is 2.21. The molecule has 0 saturated heterocycles. The van der Waals surface area contributed by atoms with Crippen molar-refractivity contribution in [3.05, 3.63) is 60.1 Å². The molecule has 1 heterocycles. The zero-order chi connectivity index (χ0) is 18.9. The lowest BCUT2D eigenvalue weighted by atomic mass is 10.0. The van der Waals surface area contributed by atoms with E-state index in [1.807, 2.05) is 30.3 Å². The van der Waals surface area contributed by atoms with Gasteiger partial charge in [0.25, 0.3) is 5.91 Å². The molecule has 2 aromatic rings. The molecule has 1 aromatic heterocycles. The Labute approximate surface area is 151 Å². The Bertz CT molecular complexity index is 728. The van der Waals surface area contributed by atoms with E-state index in [4.69, 9.17) is 9.52 Å². The molecule has 3 N–H and O–H groups in total. The highest BCUT2D eigenvalue weighted by atomic mass is 16.4. The number of aliphatic carboxylic acids is 1. The van der Waals surface area contributed by atoms with Crippen LogP contribution in [0, 0.1) is 0 Å². The van der Waals surface area contributed by atoms with E-state index in [9.17, 15) is 14.4 Å². The van der Waals surface area contributed by atoms with Gasteiger partial charge in [-0.2, -0.15) is 0 Å². The molecule has 0 spiro atoms. The Morgan fingerprint density at radius 3 is 2.46 bits per heavy atom. The average molecular weight is 358 g/mol. The third-order valence-corrected chi connectivity index (χ3v) is 3.90. The number of hydrogen-bond donors (Lipinski definition) is 3. The number of rotatable bonds is 9. The van der Waals surface area contributed by atoms with Crippen molar-refractivity contribution in [2.24, 2.45) is 0 Å². The molecule has 2 amide bonds. The van der Waals surface area contributed by atoms with Gasteiger partial charge in [-0.25, -0.2) is 0 Å². The van der Waals surface area contributed by atoms with Crippen molar-refractivity contribution in [1.82, 2.24) is 10.6 Å². The first-order valence-corrected chi connectivity index (χ1v) is 8.35. The summed E-state index contributed by atoms with van der Waals surface area (Å²) in [7, 11) is 0. The normalized spacial score (nSPS) is 12.8. The third-order valence-electron chi connectivity index (χ3n) is 3.90. The quantitative estimate of drug-likeness (QED) is 0.635. The second-order valence-electron chi connectivity index (χ2n) is 6.03. The number of furan rings is 1. The standard InChI is InChI=1S/C19H22N2O5/c1-13(20-19(25)15-9-10-26-12-15)18(24)21-16(7-8-17(22)23)11-14-5-3-2-4-6-14/h2-6,9-10,12-13,16H,7-8,11H2,1H3,(H,20,25)(H,21,24)(H,22,23). The number of carbonyl (C=O) groups is 3. The number of nitrogens with one attached hydrogen (secondary N) is 2. The second kappa shape index (κ2) is 9.41. The van der Waals surface area contributed by atoms with Gasteiger partial charge in [0.2, 0.25) is 5.91 Å². The molecule has 138 valence electrons. The minimum absolute atomic E-state index is 0.0481. The molecule has 2 atom stereocenters. The van der Waals surface area contributed by atoms with E-state index in [1.165, 1.54) is 18.6 Å². The Kier molecular flexibility index (Phi) is 6.96. The topological polar surface area (TPSA) is 109 Å². The van der Waals surface area contributed by atoms with E-state index in [-0.39, 0.29) is 18.4 Å². The van der Waals surface area contributed by atoms with Crippen molar-refractivity contribution in [2.45, 2.75) is 38.3 Å². The van der Waals surface area contributed by atoms with Crippen LogP contribution < -0.4 is 10.6 Å². The lowest BCUT2D eigenvalue weighted by molar-refractivity contribution is -0.137. The number of hydrogen-bond acceptors (Lipinski definition) is 4. The second-order valence-corrected chi connectivity index (χ2v) is 6.03. The molecule has 0 bridgehead atoms. The molecule has 7 nitrogen and oxygen atoms in total. The van der Waals surface area contributed by atoms with Crippen LogP contribution >= 0.6 is 0 Å². The fraction of sp³-hybridized carbons (Fsp3) is 0.316. The first-order valence-electron chi connectivity index (χ1n) is 8.35. The molecule has 2 unspecified atom stereocenters. The molecule has 0 fully saturated rings. The summed E-state index contributed by atoms with van der Waals surface area (Å²) in [5.41, 5.74) is 1.33. The summed E-state index contributed by atoms with van der Waals surface area (Å²) in [6, 6.07) is 9.91. The van der Waals surface area contributed by atoms with E-state index in [2.05, 4.69) is 10.6 Å². The van der Waals surface area contributed by atoms with Crippen molar-refractivity contribution in [1.29, 1.82) is 0 Å². The first-order chi connectivity index (χ1) is 12.5. The SMILES string of the molecule is CC(NC(=O)c1ccoc1)C(=O)NC(CCC(=O)O)Cc1ccccc1. The van der Waals surface area contributed by atoms with E-state index in [0.29, 0.717) is 18.4 Å². The van der Waals surface area contributed by atoms with Crippen molar-refractivity contribution >= 4 is 17.8 Å². The number of carboxylic acids is 1. The van der Waals surface area contributed by atoms with Crippen molar-refractivity contribution < 1.29 is 23.9 Å². The molecule has 0 aliphatic heterocycles. The minimum atomic E-state index is -0.918. The molecule has 0 aliphatic carbocycles. The van der Waals surface area contributed by atoms with Crippen molar-refractivity contribution in [2.75, 3.05) is 0 Å². The van der Waals surface area contributed by atoms with E-state index in [0.717, 1.165) is 5.56 Å². The summed E-state index contributed by atoms with van der Waals surface area (Å²) >= 11 is 0. The summed E-state index contributed by atoms with van der Waals surface area (Å²) in [5, 5.41) is 14.3. The van der Waals surface area contributed by atoms with Crippen LogP contribution in [-0.4, -0.2) is 35.0 Å². The minimum Gasteiger partial charge on any atom is -0.481 e. The van der Waals surface area contributed by atoms with E-state index in [1.54, 1.807) is 6.92 Å². The summed E-state index contributed by atoms with van der Waals surface area (Å²) in [6.07, 6.45) is 3.45. The number of carboxylic acid groups (broad SMARTS) is 1. The van der Waals surface area contributed by atoms with Crippen molar-refractivity contribution in [3.63, 3.8) is 0 Å². The van der Waals surface area contributed by atoms with Crippen LogP contribution in [0.4, 0.5) is 0 Å². The molecular weight excluding hydrogens is 336 g/mol. The Hall–Kier alpha value is -3.09. The van der Waals surface area contributed by atoms with Crippen molar-refractivity contribution in [3.8, 4) is 0 Å². The number of amides is 2. The highest BCUT2D eigenvalue weighted by molar-refractivity contribution is 5.97. The smallest absolute Gasteiger partial charge is 0.303 e. The average Bonchev–Trinajstić information content (AvgIpc) is 3.15. The fourth-order valence-electron chi connectivity index (χ4n) is 2.49. The molecular formula is C19H22N2O5. The predicted octanol–water partition coefficient (Wildman–Crippen LogP) is 1.99. The summed E-state index contributed by atoms with van der Waals surface area (Å²) in [6.45, 7) is 1.57. The molecule has 0 saturated carbocycles. The van der Waals surface area contributed by atoms with E-state index < -0.39 is 17.9 Å². The third kappa shape index (κ3) is 6.08. The fourth-order valence-corrected chi connectivity index (χ4v) is 2.49. The van der Waals surface area contributed by atoms with Gasteiger partial charge in [0.05, 0.1) is 11.8 Å². The summed E-state index contributed by atoms with van der Waals surface area (Å²) in [4.78, 5) is 35.3. The lowest BCUT2D eigenvalue weighted by Crippen LogP contribution is -2.48. The molecule has 7 heteroatoms. The van der Waals surface area contributed by atoms with Gasteiger partial charge < -0.3 is 20.2 Å². The van der Waals surface area contributed by atoms with Crippen LogP contribution in [0.15, 0.2) is 53.3 Å². The first kappa shape index (κ1) is 19.2. The van der Waals surface area contributed by atoms with Crippen LogP contribution in [0.3, 0.4) is 0 Å². The van der Waals surface area contributed by atoms with E-state index >= 15 is 0 Å². The molecule has 26 heavy (non-hydrogen) atoms. The number of carbonyl (C=O) groups excluding carboxylic acids is 2. The maximum absolute atomic E-state index is 12.4. The predicted molar refractivity (Wildman–Crippen MR) is 94.6 cm³/mol. The van der Waals surface area contributed by atoms with Crippen LogP contribution in [0.2, 0.25) is 0 Å². The maximum atomic E-state index is 12.4. The van der Waals surface area contributed by atoms with Crippen LogP contribution in [0.5, 0.6) is 0 Å². The van der Waals surface area contributed by atoms with Gasteiger partial charge in [-0.1, -0.05) is 30.3 Å². The zero-order valence-electron chi connectivity index (χ0n) is 14.5. The lowest BCUT2D eigenvalue weighted by Gasteiger charge is -2.21. The maximum Gasteiger partial charge on any atom is 0.303 e. The molecule has 1 aromatic carbocycles. The van der Waals surface area contributed by atoms with Gasteiger partial charge in [-0.05, 0) is 31.4 Å². The highest BCUT2D eigenvalue weighted by Crippen LogP contribution is 2.08. The van der Waals surface area contributed by atoms with Crippen LogP contribution in [0.1, 0.15) is 35.7 Å². The number of benzene rings is 1.